The number of nitrogens with one attached hydrogen (secondary N) is 1. The topological polar surface area (TPSA) is 116 Å². The monoisotopic (exact) mass is 330 g/mol. The maximum atomic E-state index is 12.2. The van der Waals surface area contributed by atoms with Crippen molar-refractivity contribution in [3.63, 3.8) is 0 Å². The number of nitrogens with two attached hydrogens (primary N) is 1. The van der Waals surface area contributed by atoms with Gasteiger partial charge in [-0.3, -0.25) is 4.79 Å². The molecule has 1 aromatic carbocycles. The van der Waals surface area contributed by atoms with Crippen molar-refractivity contribution in [3.05, 3.63) is 41.9 Å². The van der Waals surface area contributed by atoms with E-state index in [2.05, 4.69) is 15.3 Å². The zero-order valence-corrected chi connectivity index (χ0v) is 13.6. The second kappa shape index (κ2) is 7.40. The van der Waals surface area contributed by atoms with Gasteiger partial charge in [0, 0.05) is 12.4 Å². The SMILES string of the molecule is COc1ccc(C)cc1NC(=O)C(C)OC(=O)c1nccnc1N. The molecule has 1 unspecified atom stereocenters. The number of ether oxygens (including phenoxy) is 2. The first-order valence-electron chi connectivity index (χ1n) is 7.15. The second-order valence-corrected chi connectivity index (χ2v) is 5.03. The number of aryl methyl sites for hydroxylation is 1. The van der Waals surface area contributed by atoms with Crippen molar-refractivity contribution in [2.45, 2.75) is 20.0 Å². The Morgan fingerprint density at radius 2 is 1.96 bits per heavy atom. The van der Waals surface area contributed by atoms with E-state index in [-0.39, 0.29) is 11.5 Å². The van der Waals surface area contributed by atoms with E-state index in [1.54, 1.807) is 12.1 Å². The molecule has 2 aromatic rings. The van der Waals surface area contributed by atoms with Gasteiger partial charge in [0.15, 0.2) is 17.6 Å². The molecular formula is C16H18N4O4. The Morgan fingerprint density at radius 1 is 1.25 bits per heavy atom. The van der Waals surface area contributed by atoms with Gasteiger partial charge in [-0.1, -0.05) is 6.07 Å². The minimum absolute atomic E-state index is 0.0598. The first-order chi connectivity index (χ1) is 11.4. The highest BCUT2D eigenvalue weighted by Crippen LogP contribution is 2.25. The summed E-state index contributed by atoms with van der Waals surface area (Å²) in [5, 5.41) is 2.67. The molecule has 0 fully saturated rings. The summed E-state index contributed by atoms with van der Waals surface area (Å²) in [5.41, 5.74) is 6.86. The Labute approximate surface area is 139 Å². The molecule has 0 saturated heterocycles. The molecule has 0 radical (unpaired) electrons. The van der Waals surface area contributed by atoms with E-state index < -0.39 is 18.0 Å². The second-order valence-electron chi connectivity index (χ2n) is 5.03. The maximum Gasteiger partial charge on any atom is 0.361 e. The van der Waals surface area contributed by atoms with Gasteiger partial charge in [-0.15, -0.1) is 0 Å². The third kappa shape index (κ3) is 3.97. The van der Waals surface area contributed by atoms with Crippen molar-refractivity contribution in [1.29, 1.82) is 0 Å². The van der Waals surface area contributed by atoms with Gasteiger partial charge < -0.3 is 20.5 Å². The first kappa shape index (κ1) is 17.2. The Bertz CT molecular complexity index is 763. The van der Waals surface area contributed by atoms with E-state index in [1.807, 2.05) is 13.0 Å². The van der Waals surface area contributed by atoms with Crippen molar-refractivity contribution < 1.29 is 19.1 Å². The van der Waals surface area contributed by atoms with Crippen molar-refractivity contribution in [2.24, 2.45) is 0 Å². The summed E-state index contributed by atoms with van der Waals surface area (Å²) in [6.45, 7) is 3.33. The van der Waals surface area contributed by atoms with E-state index in [0.717, 1.165) is 5.56 Å². The molecule has 3 N–H and O–H groups in total. The lowest BCUT2D eigenvalue weighted by molar-refractivity contribution is -0.123. The number of anilines is 2. The van der Waals surface area contributed by atoms with Gasteiger partial charge in [0.1, 0.15) is 5.75 Å². The summed E-state index contributed by atoms with van der Waals surface area (Å²) in [6, 6.07) is 5.35. The number of carbonyl (C=O) groups is 2. The maximum absolute atomic E-state index is 12.2. The minimum Gasteiger partial charge on any atom is -0.495 e. The van der Waals surface area contributed by atoms with Gasteiger partial charge in [-0.25, -0.2) is 14.8 Å². The van der Waals surface area contributed by atoms with Crippen molar-refractivity contribution in [2.75, 3.05) is 18.2 Å². The Kier molecular flexibility index (Phi) is 5.31. The summed E-state index contributed by atoms with van der Waals surface area (Å²) in [7, 11) is 1.50. The van der Waals surface area contributed by atoms with Crippen LogP contribution in [0.25, 0.3) is 0 Å². The number of esters is 1. The van der Waals surface area contributed by atoms with Crippen LogP contribution >= 0.6 is 0 Å². The first-order valence-corrected chi connectivity index (χ1v) is 7.15. The fraction of sp³-hybridized carbons (Fsp3) is 0.250. The molecule has 1 heterocycles. The normalized spacial score (nSPS) is 11.5. The number of amides is 1. The van der Waals surface area contributed by atoms with E-state index in [0.29, 0.717) is 11.4 Å². The highest BCUT2D eigenvalue weighted by atomic mass is 16.5. The van der Waals surface area contributed by atoms with Crippen LogP contribution in [0.5, 0.6) is 5.75 Å². The fourth-order valence-corrected chi connectivity index (χ4v) is 1.93. The van der Waals surface area contributed by atoms with Gasteiger partial charge in [0.2, 0.25) is 0 Å². The lowest BCUT2D eigenvalue weighted by Gasteiger charge is -2.15. The summed E-state index contributed by atoms with van der Waals surface area (Å²) in [6.07, 6.45) is 1.62. The fourth-order valence-electron chi connectivity index (χ4n) is 1.93. The molecule has 1 aromatic heterocycles. The average molecular weight is 330 g/mol. The van der Waals surface area contributed by atoms with E-state index in [1.165, 1.54) is 26.4 Å². The Balaban J connectivity index is 2.06. The van der Waals surface area contributed by atoms with Crippen LogP contribution in [0.3, 0.4) is 0 Å². The third-order valence-electron chi connectivity index (χ3n) is 3.19. The number of nitrogens with zero attached hydrogens (tertiary/aromatic N) is 2. The molecule has 0 saturated carbocycles. The number of hydrogen-bond acceptors (Lipinski definition) is 7. The van der Waals surface area contributed by atoms with Gasteiger partial charge in [0.05, 0.1) is 12.8 Å². The number of methoxy groups -OCH3 is 1. The molecule has 1 atom stereocenters. The van der Waals surface area contributed by atoms with Crippen LogP contribution in [0.1, 0.15) is 23.0 Å². The molecule has 24 heavy (non-hydrogen) atoms. The molecule has 0 spiro atoms. The van der Waals surface area contributed by atoms with Crippen molar-refractivity contribution >= 4 is 23.4 Å². The van der Waals surface area contributed by atoms with E-state index >= 15 is 0 Å². The molecule has 2 rings (SSSR count). The summed E-state index contributed by atoms with van der Waals surface area (Å²) in [4.78, 5) is 31.8. The molecule has 0 bridgehead atoms. The number of rotatable bonds is 5. The molecule has 1 amide bonds. The molecule has 8 nitrogen and oxygen atoms in total. The third-order valence-corrected chi connectivity index (χ3v) is 3.19. The Morgan fingerprint density at radius 3 is 2.62 bits per heavy atom. The lowest BCUT2D eigenvalue weighted by atomic mass is 10.2. The number of benzene rings is 1. The van der Waals surface area contributed by atoms with E-state index in [9.17, 15) is 9.59 Å². The molecule has 0 aliphatic heterocycles. The van der Waals surface area contributed by atoms with Crippen LogP contribution in [0.2, 0.25) is 0 Å². The zero-order chi connectivity index (χ0) is 17.7. The largest absolute Gasteiger partial charge is 0.495 e. The van der Waals surface area contributed by atoms with Crippen LogP contribution in [-0.4, -0.2) is 35.1 Å². The number of carbonyl (C=O) groups excluding carboxylic acids is 2. The summed E-state index contributed by atoms with van der Waals surface area (Å²) in [5.74, 6) is -0.879. The highest BCUT2D eigenvalue weighted by molar-refractivity contribution is 5.98. The van der Waals surface area contributed by atoms with Gasteiger partial charge >= 0.3 is 5.97 Å². The molecular weight excluding hydrogens is 312 g/mol. The minimum atomic E-state index is -1.05. The number of hydrogen-bond donors (Lipinski definition) is 2. The lowest BCUT2D eigenvalue weighted by Crippen LogP contribution is -2.30. The van der Waals surface area contributed by atoms with Crippen molar-refractivity contribution in [1.82, 2.24) is 9.97 Å². The quantitative estimate of drug-likeness (QED) is 0.799. The molecule has 0 aliphatic carbocycles. The summed E-state index contributed by atoms with van der Waals surface area (Å²) < 4.78 is 10.3. The van der Waals surface area contributed by atoms with Crippen LogP contribution in [0.15, 0.2) is 30.6 Å². The number of aromatic nitrogens is 2. The smallest absolute Gasteiger partial charge is 0.361 e. The van der Waals surface area contributed by atoms with Gasteiger partial charge in [0.25, 0.3) is 5.91 Å². The van der Waals surface area contributed by atoms with Crippen molar-refractivity contribution in [3.8, 4) is 5.75 Å². The van der Waals surface area contributed by atoms with Crippen LogP contribution in [0, 0.1) is 6.92 Å². The van der Waals surface area contributed by atoms with Crippen LogP contribution in [-0.2, 0) is 9.53 Å². The molecule has 8 heteroatoms. The Hall–Kier alpha value is -3.16. The summed E-state index contributed by atoms with van der Waals surface area (Å²) >= 11 is 0. The highest BCUT2D eigenvalue weighted by Gasteiger charge is 2.22. The van der Waals surface area contributed by atoms with Crippen LogP contribution in [0.4, 0.5) is 11.5 Å². The van der Waals surface area contributed by atoms with Gasteiger partial charge in [-0.05, 0) is 31.5 Å². The van der Waals surface area contributed by atoms with Gasteiger partial charge in [-0.2, -0.15) is 0 Å². The zero-order valence-electron chi connectivity index (χ0n) is 13.6. The molecule has 126 valence electrons. The average Bonchev–Trinajstić information content (AvgIpc) is 2.55. The molecule has 0 aliphatic rings. The van der Waals surface area contributed by atoms with Crippen LogP contribution < -0.4 is 15.8 Å². The standard InChI is InChI=1S/C16H18N4O4/c1-9-4-5-12(23-3)11(8-9)20-15(21)10(2)24-16(22)13-14(17)19-7-6-18-13/h4-8,10H,1-3H3,(H2,17,19)(H,20,21). The predicted molar refractivity (Wildman–Crippen MR) is 87.7 cm³/mol. The number of nitrogen functional groups attached to an aromatic ring is 1. The predicted octanol–water partition coefficient (Wildman–Crippen LogP) is 1.56. The van der Waals surface area contributed by atoms with E-state index in [4.69, 9.17) is 15.2 Å².